The van der Waals surface area contributed by atoms with Gasteiger partial charge < -0.3 is 10.3 Å². The Hall–Kier alpha value is -1.51. The molecule has 0 aliphatic heterocycles. The Labute approximate surface area is 76.9 Å². The summed E-state index contributed by atoms with van der Waals surface area (Å²) in [5, 5.41) is 3.83. The summed E-state index contributed by atoms with van der Waals surface area (Å²) in [5.41, 5.74) is 7.28. The zero-order valence-electron chi connectivity index (χ0n) is 7.53. The summed E-state index contributed by atoms with van der Waals surface area (Å²) in [4.78, 5) is 0. The van der Waals surface area contributed by atoms with E-state index in [2.05, 4.69) is 17.3 Å². The lowest BCUT2D eigenvalue weighted by atomic mass is 9.97. The van der Waals surface area contributed by atoms with Gasteiger partial charge in [-0.2, -0.15) is 0 Å². The van der Waals surface area contributed by atoms with Crippen molar-refractivity contribution in [2.45, 2.75) is 19.3 Å². The number of aryl methyl sites for hydroxylation is 1. The Morgan fingerprint density at radius 1 is 1.54 bits per heavy atom. The van der Waals surface area contributed by atoms with E-state index in [9.17, 15) is 0 Å². The van der Waals surface area contributed by atoms with E-state index in [1.54, 1.807) is 0 Å². The fourth-order valence-corrected chi connectivity index (χ4v) is 1.44. The van der Waals surface area contributed by atoms with E-state index in [4.69, 9.17) is 10.3 Å². The van der Waals surface area contributed by atoms with E-state index in [0.717, 1.165) is 17.9 Å². The number of allylic oxidation sites excluding steroid dienone is 4. The predicted octanol–water partition coefficient (Wildman–Crippen LogP) is 2.16. The molecular formula is C10H12N2O. The van der Waals surface area contributed by atoms with Crippen molar-refractivity contribution >= 4 is 5.69 Å². The molecule has 1 aromatic heterocycles. The molecular weight excluding hydrogens is 164 g/mol. The highest BCUT2D eigenvalue weighted by Gasteiger charge is 2.18. The normalized spacial score (nSPS) is 20.8. The Balaban J connectivity index is 2.30. The minimum atomic E-state index is 0.256. The molecule has 1 aliphatic rings. The van der Waals surface area contributed by atoms with Crippen LogP contribution in [-0.4, -0.2) is 5.16 Å². The van der Waals surface area contributed by atoms with Gasteiger partial charge in [0.25, 0.3) is 0 Å². The van der Waals surface area contributed by atoms with Crippen molar-refractivity contribution in [1.29, 1.82) is 0 Å². The van der Waals surface area contributed by atoms with Crippen LogP contribution >= 0.6 is 0 Å². The van der Waals surface area contributed by atoms with Crippen LogP contribution in [0.3, 0.4) is 0 Å². The highest BCUT2D eigenvalue weighted by atomic mass is 16.5. The summed E-state index contributed by atoms with van der Waals surface area (Å²) in [6.07, 6.45) is 9.15. The van der Waals surface area contributed by atoms with Crippen LogP contribution in [0.4, 0.5) is 5.69 Å². The van der Waals surface area contributed by atoms with Crippen molar-refractivity contribution in [1.82, 2.24) is 5.16 Å². The largest absolute Gasteiger partial charge is 0.394 e. The van der Waals surface area contributed by atoms with Crippen molar-refractivity contribution in [2.75, 3.05) is 5.73 Å². The molecule has 2 N–H and O–H groups in total. The van der Waals surface area contributed by atoms with Crippen LogP contribution in [0.2, 0.25) is 0 Å². The topological polar surface area (TPSA) is 52.0 Å². The van der Waals surface area contributed by atoms with Gasteiger partial charge in [-0.1, -0.05) is 29.5 Å². The summed E-state index contributed by atoms with van der Waals surface area (Å²) in [5.74, 6) is 1.05. The second-order valence-corrected chi connectivity index (χ2v) is 3.20. The molecule has 0 aromatic carbocycles. The van der Waals surface area contributed by atoms with Crippen molar-refractivity contribution in [3.8, 4) is 0 Å². The molecule has 2 rings (SSSR count). The van der Waals surface area contributed by atoms with Gasteiger partial charge in [0.1, 0.15) is 5.69 Å². The highest BCUT2D eigenvalue weighted by molar-refractivity contribution is 5.48. The van der Waals surface area contributed by atoms with Crippen LogP contribution in [0.25, 0.3) is 0 Å². The first kappa shape index (κ1) is 8.10. The lowest BCUT2D eigenvalue weighted by Crippen LogP contribution is -1.98. The molecule has 1 heterocycles. The standard InChI is InChI=1S/C10H12N2O/c1-7-9(11)10(13-12-7)8-5-3-2-4-6-8/h2-5,8H,6,11H2,1H3. The first-order valence-corrected chi connectivity index (χ1v) is 4.34. The molecule has 0 spiro atoms. The minimum absolute atomic E-state index is 0.256. The van der Waals surface area contributed by atoms with Gasteiger partial charge in [0, 0.05) is 5.92 Å². The van der Waals surface area contributed by atoms with Crippen LogP contribution in [0.5, 0.6) is 0 Å². The van der Waals surface area contributed by atoms with Gasteiger partial charge in [0.05, 0.1) is 5.69 Å². The van der Waals surface area contributed by atoms with E-state index in [0.29, 0.717) is 5.69 Å². The number of aromatic nitrogens is 1. The summed E-state index contributed by atoms with van der Waals surface area (Å²) in [7, 11) is 0. The number of anilines is 1. The molecule has 0 radical (unpaired) electrons. The van der Waals surface area contributed by atoms with Gasteiger partial charge in [0.2, 0.25) is 0 Å². The average Bonchev–Trinajstić information content (AvgIpc) is 2.49. The van der Waals surface area contributed by atoms with Crippen molar-refractivity contribution in [3.05, 3.63) is 35.8 Å². The number of hydrogen-bond acceptors (Lipinski definition) is 3. The molecule has 1 aromatic rings. The van der Waals surface area contributed by atoms with E-state index < -0.39 is 0 Å². The SMILES string of the molecule is Cc1noc(C2C=CC=CC2)c1N. The Morgan fingerprint density at radius 3 is 2.92 bits per heavy atom. The van der Waals surface area contributed by atoms with E-state index >= 15 is 0 Å². The first-order valence-electron chi connectivity index (χ1n) is 4.34. The molecule has 3 heteroatoms. The Morgan fingerprint density at radius 2 is 2.38 bits per heavy atom. The maximum Gasteiger partial charge on any atom is 0.166 e. The predicted molar refractivity (Wildman–Crippen MR) is 51.3 cm³/mol. The minimum Gasteiger partial charge on any atom is -0.394 e. The summed E-state index contributed by atoms with van der Waals surface area (Å²) in [6, 6.07) is 0. The zero-order valence-corrected chi connectivity index (χ0v) is 7.53. The third kappa shape index (κ3) is 1.37. The van der Waals surface area contributed by atoms with Gasteiger partial charge in [-0.3, -0.25) is 0 Å². The molecule has 1 aliphatic carbocycles. The molecule has 1 unspecified atom stereocenters. The zero-order chi connectivity index (χ0) is 9.26. The maximum absolute atomic E-state index is 5.82. The van der Waals surface area contributed by atoms with Crippen molar-refractivity contribution in [2.24, 2.45) is 0 Å². The van der Waals surface area contributed by atoms with Gasteiger partial charge in [-0.25, -0.2) is 0 Å². The molecule has 1 atom stereocenters. The van der Waals surface area contributed by atoms with Gasteiger partial charge in [-0.15, -0.1) is 0 Å². The van der Waals surface area contributed by atoms with Crippen molar-refractivity contribution < 1.29 is 4.52 Å². The van der Waals surface area contributed by atoms with Gasteiger partial charge in [-0.05, 0) is 13.3 Å². The van der Waals surface area contributed by atoms with Crippen LogP contribution < -0.4 is 5.73 Å². The van der Waals surface area contributed by atoms with Crippen LogP contribution in [-0.2, 0) is 0 Å². The number of nitrogens with zero attached hydrogens (tertiary/aromatic N) is 1. The molecule has 0 saturated heterocycles. The highest BCUT2D eigenvalue weighted by Crippen LogP contribution is 2.30. The van der Waals surface area contributed by atoms with E-state index in [1.807, 2.05) is 19.1 Å². The summed E-state index contributed by atoms with van der Waals surface area (Å²) in [6.45, 7) is 1.85. The maximum atomic E-state index is 5.82. The third-order valence-electron chi connectivity index (χ3n) is 2.25. The molecule has 3 nitrogen and oxygen atoms in total. The molecule has 0 bridgehead atoms. The average molecular weight is 176 g/mol. The number of hydrogen-bond donors (Lipinski definition) is 1. The Bertz CT molecular complexity index is 363. The van der Waals surface area contributed by atoms with E-state index in [-0.39, 0.29) is 5.92 Å². The molecule has 0 amide bonds. The molecule has 68 valence electrons. The smallest absolute Gasteiger partial charge is 0.166 e. The monoisotopic (exact) mass is 176 g/mol. The Kier molecular flexibility index (Phi) is 1.93. The number of nitrogens with two attached hydrogens (primary N) is 1. The lowest BCUT2D eigenvalue weighted by Gasteiger charge is -2.09. The second kappa shape index (κ2) is 3.09. The van der Waals surface area contributed by atoms with Crippen LogP contribution in [0, 0.1) is 6.92 Å². The summed E-state index contributed by atoms with van der Waals surface area (Å²) < 4.78 is 5.17. The summed E-state index contributed by atoms with van der Waals surface area (Å²) >= 11 is 0. The fourth-order valence-electron chi connectivity index (χ4n) is 1.44. The van der Waals surface area contributed by atoms with Crippen LogP contribution in [0.1, 0.15) is 23.8 Å². The number of nitrogen functional groups attached to an aromatic ring is 1. The van der Waals surface area contributed by atoms with Crippen molar-refractivity contribution in [3.63, 3.8) is 0 Å². The van der Waals surface area contributed by atoms with Gasteiger partial charge >= 0.3 is 0 Å². The quantitative estimate of drug-likeness (QED) is 0.713. The molecule has 13 heavy (non-hydrogen) atoms. The lowest BCUT2D eigenvalue weighted by molar-refractivity contribution is 0.370. The second-order valence-electron chi connectivity index (χ2n) is 3.20. The fraction of sp³-hybridized carbons (Fsp3) is 0.300. The molecule has 0 saturated carbocycles. The third-order valence-corrected chi connectivity index (χ3v) is 2.25. The van der Waals surface area contributed by atoms with Gasteiger partial charge in [0.15, 0.2) is 5.76 Å². The molecule has 0 fully saturated rings. The first-order chi connectivity index (χ1) is 6.29. The number of rotatable bonds is 1. The van der Waals surface area contributed by atoms with E-state index in [1.165, 1.54) is 0 Å². The van der Waals surface area contributed by atoms with Crippen LogP contribution in [0.15, 0.2) is 28.8 Å².